The van der Waals surface area contributed by atoms with Crippen LogP contribution in [0.25, 0.3) is 0 Å². The molecular weight excluding hydrogens is 451 g/mol. The second kappa shape index (κ2) is 10.9. The summed E-state index contributed by atoms with van der Waals surface area (Å²) in [5, 5.41) is 0.395. The van der Waals surface area contributed by atoms with Gasteiger partial charge in [0.05, 0.1) is 30.0 Å². The number of sulfonamides is 1. The van der Waals surface area contributed by atoms with E-state index in [4.69, 9.17) is 37.4 Å². The van der Waals surface area contributed by atoms with Gasteiger partial charge in [0.15, 0.2) is 11.5 Å². The fraction of sp³-hybridized carbons (Fsp3) is 0.400. The van der Waals surface area contributed by atoms with Crippen molar-refractivity contribution in [3.8, 4) is 17.2 Å². The van der Waals surface area contributed by atoms with Gasteiger partial charge < -0.3 is 19.1 Å². The van der Waals surface area contributed by atoms with Crippen molar-refractivity contribution < 1.29 is 22.6 Å². The number of nitrogens with zero attached hydrogens (tertiary/aromatic N) is 1. The second-order valence-corrected chi connectivity index (χ2v) is 8.73. The molecule has 0 unspecified atom stereocenters. The van der Waals surface area contributed by atoms with Gasteiger partial charge in [-0.3, -0.25) is 4.72 Å². The first kappa shape index (κ1) is 24.4. The van der Waals surface area contributed by atoms with Crippen molar-refractivity contribution in [1.82, 2.24) is 4.90 Å². The van der Waals surface area contributed by atoms with Gasteiger partial charge in [0.2, 0.25) is 0 Å². The zero-order valence-electron chi connectivity index (χ0n) is 17.4. The summed E-state index contributed by atoms with van der Waals surface area (Å²) in [4.78, 5) is 2.07. The molecule has 10 heteroatoms. The molecule has 0 fully saturated rings. The van der Waals surface area contributed by atoms with Crippen LogP contribution >= 0.6 is 23.2 Å². The number of halogens is 2. The molecule has 0 heterocycles. The maximum absolute atomic E-state index is 12.9. The molecule has 0 atom stereocenters. The Hall–Kier alpha value is -1.87. The highest BCUT2D eigenvalue weighted by Crippen LogP contribution is 2.36. The molecule has 0 radical (unpaired) electrons. The fourth-order valence-electron chi connectivity index (χ4n) is 2.75. The van der Waals surface area contributed by atoms with Crippen LogP contribution in [0.3, 0.4) is 0 Å². The van der Waals surface area contributed by atoms with Crippen molar-refractivity contribution in [2.75, 3.05) is 45.2 Å². The molecule has 0 aromatic heterocycles. The van der Waals surface area contributed by atoms with Crippen LogP contribution in [0.15, 0.2) is 35.2 Å². The van der Waals surface area contributed by atoms with E-state index in [2.05, 4.69) is 23.5 Å². The van der Waals surface area contributed by atoms with Crippen molar-refractivity contribution in [1.29, 1.82) is 0 Å². The van der Waals surface area contributed by atoms with E-state index < -0.39 is 10.0 Å². The zero-order valence-corrected chi connectivity index (χ0v) is 19.7. The largest absolute Gasteiger partial charge is 0.493 e. The maximum atomic E-state index is 12.9. The van der Waals surface area contributed by atoms with Gasteiger partial charge in [-0.1, -0.05) is 37.0 Å². The van der Waals surface area contributed by atoms with Crippen molar-refractivity contribution in [3.63, 3.8) is 0 Å². The van der Waals surface area contributed by atoms with Gasteiger partial charge in [-0.2, -0.15) is 0 Å². The number of hydrogen-bond donors (Lipinski definition) is 1. The molecule has 30 heavy (non-hydrogen) atoms. The Morgan fingerprint density at radius 3 is 2.17 bits per heavy atom. The highest BCUT2D eigenvalue weighted by molar-refractivity contribution is 7.92. The minimum absolute atomic E-state index is 0.00445. The summed E-state index contributed by atoms with van der Waals surface area (Å²) in [6.07, 6.45) is 0. The van der Waals surface area contributed by atoms with Crippen LogP contribution in [-0.2, 0) is 10.0 Å². The summed E-state index contributed by atoms with van der Waals surface area (Å²) in [5.41, 5.74) is 0.295. The van der Waals surface area contributed by atoms with Gasteiger partial charge in [-0.25, -0.2) is 8.42 Å². The van der Waals surface area contributed by atoms with Gasteiger partial charge in [0.25, 0.3) is 10.0 Å². The first-order valence-electron chi connectivity index (χ1n) is 9.34. The Labute approximate surface area is 187 Å². The smallest absolute Gasteiger partial charge is 0.263 e. The molecule has 2 rings (SSSR count). The van der Waals surface area contributed by atoms with Gasteiger partial charge in [0.1, 0.15) is 17.3 Å². The maximum Gasteiger partial charge on any atom is 0.263 e. The molecule has 7 nitrogen and oxygen atoms in total. The number of anilines is 1. The number of benzene rings is 2. The lowest BCUT2D eigenvalue weighted by Crippen LogP contribution is -2.27. The average molecular weight is 477 g/mol. The molecule has 0 bridgehead atoms. The van der Waals surface area contributed by atoms with E-state index in [1.807, 2.05) is 0 Å². The lowest BCUT2D eigenvalue weighted by Gasteiger charge is -2.18. The SMILES string of the molecule is CCN(CC)CCOc1cc(NS(=O)(=O)c2cc(OC)c(OC)cc2Cl)ccc1Cl. The second-order valence-electron chi connectivity index (χ2n) is 6.26. The van der Waals surface area contributed by atoms with Crippen molar-refractivity contribution in [3.05, 3.63) is 40.4 Å². The molecule has 0 saturated heterocycles. The number of likely N-dealkylation sites (N-methyl/N-ethyl adjacent to an activating group) is 1. The van der Waals surface area contributed by atoms with Gasteiger partial charge in [-0.15, -0.1) is 0 Å². The molecule has 166 valence electrons. The monoisotopic (exact) mass is 476 g/mol. The molecule has 0 spiro atoms. The van der Waals surface area contributed by atoms with Crippen molar-refractivity contribution in [2.45, 2.75) is 18.7 Å². The van der Waals surface area contributed by atoms with Crippen molar-refractivity contribution >= 4 is 38.9 Å². The van der Waals surface area contributed by atoms with Crippen LogP contribution in [-0.4, -0.2) is 53.8 Å². The molecule has 0 amide bonds. The van der Waals surface area contributed by atoms with Crippen molar-refractivity contribution in [2.24, 2.45) is 0 Å². The van der Waals surface area contributed by atoms with E-state index in [1.165, 1.54) is 32.4 Å². The Morgan fingerprint density at radius 1 is 0.933 bits per heavy atom. The molecule has 0 aliphatic rings. The molecule has 0 aliphatic heterocycles. The fourth-order valence-corrected chi connectivity index (χ4v) is 4.51. The van der Waals surface area contributed by atoms with Gasteiger partial charge in [0, 0.05) is 24.7 Å². The first-order valence-corrected chi connectivity index (χ1v) is 11.6. The molecule has 0 saturated carbocycles. The minimum atomic E-state index is -4.00. The van der Waals surface area contributed by atoms with E-state index in [0.717, 1.165) is 19.6 Å². The third-order valence-corrected chi connectivity index (χ3v) is 6.63. The third kappa shape index (κ3) is 6.07. The van der Waals surface area contributed by atoms with Crippen LogP contribution in [0.5, 0.6) is 17.2 Å². The normalized spacial score (nSPS) is 11.4. The Bertz CT molecular complexity index is 966. The number of methoxy groups -OCH3 is 2. The summed E-state index contributed by atoms with van der Waals surface area (Å²) in [7, 11) is -1.14. The lowest BCUT2D eigenvalue weighted by molar-refractivity contribution is 0.223. The van der Waals surface area contributed by atoms with E-state index in [9.17, 15) is 8.42 Å². The summed E-state index contributed by atoms with van der Waals surface area (Å²) >= 11 is 12.4. The standard InChI is InChI=1S/C20H26Cl2N2O5S/c1-5-24(6-2)9-10-29-17-11-14(7-8-15(17)21)23-30(25,26)20-13-19(28-4)18(27-3)12-16(20)22/h7-8,11-13,23H,5-6,9-10H2,1-4H3. The first-order chi connectivity index (χ1) is 14.2. The Morgan fingerprint density at radius 2 is 1.57 bits per heavy atom. The Balaban J connectivity index is 2.23. The highest BCUT2D eigenvalue weighted by atomic mass is 35.5. The number of nitrogens with one attached hydrogen (secondary N) is 1. The lowest BCUT2D eigenvalue weighted by atomic mass is 10.3. The number of hydrogen-bond acceptors (Lipinski definition) is 6. The number of rotatable bonds is 11. The van der Waals surface area contributed by atoms with E-state index in [0.29, 0.717) is 28.8 Å². The topological polar surface area (TPSA) is 77.1 Å². The number of ether oxygens (including phenoxy) is 3. The predicted molar refractivity (Wildman–Crippen MR) is 120 cm³/mol. The van der Waals surface area contributed by atoms with Crippen LogP contribution in [0.1, 0.15) is 13.8 Å². The average Bonchev–Trinajstić information content (AvgIpc) is 2.72. The predicted octanol–water partition coefficient (Wildman–Crippen LogP) is 4.53. The van der Waals surface area contributed by atoms with Gasteiger partial charge >= 0.3 is 0 Å². The van der Waals surface area contributed by atoms with E-state index in [-0.39, 0.29) is 15.7 Å². The Kier molecular flexibility index (Phi) is 8.91. The van der Waals surface area contributed by atoms with Gasteiger partial charge in [-0.05, 0) is 25.2 Å². The van der Waals surface area contributed by atoms with E-state index >= 15 is 0 Å². The molecule has 2 aromatic rings. The van der Waals surface area contributed by atoms with Crippen LogP contribution in [0.4, 0.5) is 5.69 Å². The molecule has 2 aromatic carbocycles. The quantitative estimate of drug-likeness (QED) is 0.513. The summed E-state index contributed by atoms with van der Waals surface area (Å²) in [6, 6.07) is 7.35. The third-order valence-electron chi connectivity index (χ3n) is 4.47. The highest BCUT2D eigenvalue weighted by Gasteiger charge is 2.22. The zero-order chi connectivity index (χ0) is 22.3. The summed E-state index contributed by atoms with van der Waals surface area (Å²) in [6.45, 7) is 7.15. The molecular formula is C20H26Cl2N2O5S. The van der Waals surface area contributed by atoms with Crippen LogP contribution in [0.2, 0.25) is 10.0 Å². The molecule has 0 aliphatic carbocycles. The van der Waals surface area contributed by atoms with Crippen LogP contribution in [0, 0.1) is 0 Å². The van der Waals surface area contributed by atoms with Crippen LogP contribution < -0.4 is 18.9 Å². The molecule has 1 N–H and O–H groups in total. The van der Waals surface area contributed by atoms with E-state index in [1.54, 1.807) is 12.1 Å². The minimum Gasteiger partial charge on any atom is -0.493 e. The summed E-state index contributed by atoms with van der Waals surface area (Å²) < 4.78 is 44.4. The summed E-state index contributed by atoms with van der Waals surface area (Å²) in [5.74, 6) is 0.970.